The lowest BCUT2D eigenvalue weighted by molar-refractivity contribution is -0.0504. The van der Waals surface area contributed by atoms with Crippen molar-refractivity contribution in [2.24, 2.45) is 4.99 Å². The monoisotopic (exact) mass is 447 g/mol. The van der Waals surface area contributed by atoms with Crippen LogP contribution < -0.4 is 15.4 Å². The van der Waals surface area contributed by atoms with Gasteiger partial charge >= 0.3 is 6.61 Å². The first-order valence-electron chi connectivity index (χ1n) is 6.74. The fraction of sp³-hybridized carbons (Fsp3) is 0.500. The topological polar surface area (TPSA) is 45.7 Å². The molecule has 1 rings (SSSR count). The molecule has 0 radical (unpaired) electrons. The van der Waals surface area contributed by atoms with Crippen molar-refractivity contribution in [3.8, 4) is 5.75 Å². The van der Waals surface area contributed by atoms with E-state index in [4.69, 9.17) is 11.6 Å². The van der Waals surface area contributed by atoms with Gasteiger partial charge in [-0.15, -0.1) is 24.0 Å². The minimum absolute atomic E-state index is 0. The molecule has 1 aromatic rings. The van der Waals surface area contributed by atoms with Crippen LogP contribution in [-0.2, 0) is 6.54 Å². The van der Waals surface area contributed by atoms with Crippen molar-refractivity contribution in [2.75, 3.05) is 13.6 Å². The van der Waals surface area contributed by atoms with Crippen LogP contribution in [0.4, 0.5) is 8.78 Å². The summed E-state index contributed by atoms with van der Waals surface area (Å²) in [6, 6.07) is 4.53. The normalized spacial score (nSPS) is 11.1. The Morgan fingerprint density at radius 3 is 2.68 bits per heavy atom. The molecule has 0 saturated carbocycles. The number of hydrogen-bond acceptors (Lipinski definition) is 2. The molecular weight excluding hydrogens is 427 g/mol. The molecular formula is C14H21ClF2IN3O. The lowest BCUT2D eigenvalue weighted by Crippen LogP contribution is -2.37. The number of halogens is 4. The van der Waals surface area contributed by atoms with Crippen LogP contribution in [0.3, 0.4) is 0 Å². The average Bonchev–Trinajstić information content (AvgIpc) is 2.44. The van der Waals surface area contributed by atoms with Gasteiger partial charge < -0.3 is 15.4 Å². The predicted molar refractivity (Wildman–Crippen MR) is 96.6 cm³/mol. The smallest absolute Gasteiger partial charge is 0.387 e. The molecule has 2 N–H and O–H groups in total. The van der Waals surface area contributed by atoms with Gasteiger partial charge in [0.05, 0.1) is 0 Å². The molecule has 0 saturated heterocycles. The zero-order chi connectivity index (χ0) is 15.7. The van der Waals surface area contributed by atoms with E-state index in [1.54, 1.807) is 13.1 Å². The third-order valence-electron chi connectivity index (χ3n) is 2.73. The van der Waals surface area contributed by atoms with E-state index in [0.717, 1.165) is 19.4 Å². The summed E-state index contributed by atoms with van der Waals surface area (Å²) in [5.41, 5.74) is 0.543. The lowest BCUT2D eigenvalue weighted by atomic mass is 10.2. The fourth-order valence-electron chi connectivity index (χ4n) is 1.68. The van der Waals surface area contributed by atoms with E-state index in [1.165, 1.54) is 12.1 Å². The molecule has 22 heavy (non-hydrogen) atoms. The Morgan fingerprint density at radius 2 is 2.09 bits per heavy atom. The maximum absolute atomic E-state index is 12.4. The Balaban J connectivity index is 0.00000441. The van der Waals surface area contributed by atoms with E-state index in [1.807, 2.05) is 0 Å². The second kappa shape index (κ2) is 11.7. The van der Waals surface area contributed by atoms with Crippen molar-refractivity contribution in [1.82, 2.24) is 10.6 Å². The molecule has 126 valence electrons. The predicted octanol–water partition coefficient (Wildman–Crippen LogP) is 4.02. The van der Waals surface area contributed by atoms with Crippen molar-refractivity contribution in [1.29, 1.82) is 0 Å². The number of hydrogen-bond donors (Lipinski definition) is 2. The molecule has 0 atom stereocenters. The number of nitrogens with zero attached hydrogens (tertiary/aromatic N) is 1. The van der Waals surface area contributed by atoms with Gasteiger partial charge in [0.25, 0.3) is 0 Å². The first-order valence-corrected chi connectivity index (χ1v) is 7.12. The maximum Gasteiger partial charge on any atom is 0.387 e. The summed E-state index contributed by atoms with van der Waals surface area (Å²) in [6.45, 7) is 0.310. The van der Waals surface area contributed by atoms with Gasteiger partial charge in [-0.3, -0.25) is 4.99 Å². The summed E-state index contributed by atoms with van der Waals surface area (Å²) < 4.78 is 29.2. The standard InChI is InChI=1S/C14H20ClF2N3O.HI/c1-3-4-7-19-14(18-2)20-9-10-8-11(15)5-6-12(10)21-13(16)17;/h5-6,8,13H,3-4,7,9H2,1-2H3,(H2,18,19,20);1H. The fourth-order valence-corrected chi connectivity index (χ4v) is 1.87. The highest BCUT2D eigenvalue weighted by Gasteiger charge is 2.10. The van der Waals surface area contributed by atoms with Crippen molar-refractivity contribution in [3.05, 3.63) is 28.8 Å². The van der Waals surface area contributed by atoms with Gasteiger partial charge in [0.1, 0.15) is 5.75 Å². The van der Waals surface area contributed by atoms with E-state index in [0.29, 0.717) is 16.5 Å². The summed E-state index contributed by atoms with van der Waals surface area (Å²) in [7, 11) is 1.65. The van der Waals surface area contributed by atoms with Gasteiger partial charge in [-0.05, 0) is 24.6 Å². The van der Waals surface area contributed by atoms with Crippen molar-refractivity contribution in [3.63, 3.8) is 0 Å². The minimum Gasteiger partial charge on any atom is -0.434 e. The molecule has 0 amide bonds. The van der Waals surface area contributed by atoms with Crippen molar-refractivity contribution in [2.45, 2.75) is 32.9 Å². The van der Waals surface area contributed by atoms with Gasteiger partial charge in [0, 0.05) is 30.7 Å². The Kier molecular flexibility index (Phi) is 11.3. The highest BCUT2D eigenvalue weighted by molar-refractivity contribution is 14.0. The number of unbranched alkanes of at least 4 members (excludes halogenated alkanes) is 1. The van der Waals surface area contributed by atoms with Crippen LogP contribution in [0.25, 0.3) is 0 Å². The molecule has 0 bridgehead atoms. The molecule has 0 unspecified atom stereocenters. The SMILES string of the molecule is CCCCNC(=NC)NCc1cc(Cl)ccc1OC(F)F.I. The zero-order valence-corrected chi connectivity index (χ0v) is 15.6. The van der Waals surface area contributed by atoms with Crippen LogP contribution in [0, 0.1) is 0 Å². The summed E-state index contributed by atoms with van der Waals surface area (Å²) in [5.74, 6) is 0.706. The lowest BCUT2D eigenvalue weighted by Gasteiger charge is -2.14. The molecule has 1 aromatic carbocycles. The van der Waals surface area contributed by atoms with Crippen LogP contribution in [0.2, 0.25) is 5.02 Å². The first kappa shape index (κ1) is 21.2. The number of benzene rings is 1. The quantitative estimate of drug-likeness (QED) is 0.287. The number of ether oxygens (including phenoxy) is 1. The molecule has 8 heteroatoms. The molecule has 0 aliphatic rings. The van der Waals surface area contributed by atoms with E-state index >= 15 is 0 Å². The zero-order valence-electron chi connectivity index (χ0n) is 12.5. The molecule has 0 aliphatic carbocycles. The van der Waals surface area contributed by atoms with Crippen LogP contribution in [0.5, 0.6) is 5.75 Å². The second-order valence-electron chi connectivity index (χ2n) is 4.34. The number of guanidine groups is 1. The molecule has 4 nitrogen and oxygen atoms in total. The van der Waals surface area contributed by atoms with Crippen LogP contribution >= 0.6 is 35.6 Å². The van der Waals surface area contributed by atoms with Crippen LogP contribution in [0.1, 0.15) is 25.3 Å². The summed E-state index contributed by atoms with van der Waals surface area (Å²) in [4.78, 5) is 4.06. The van der Waals surface area contributed by atoms with E-state index < -0.39 is 6.61 Å². The minimum atomic E-state index is -2.87. The molecule has 0 fully saturated rings. The van der Waals surface area contributed by atoms with Gasteiger partial charge in [-0.2, -0.15) is 8.78 Å². The van der Waals surface area contributed by atoms with E-state index in [-0.39, 0.29) is 36.3 Å². The number of alkyl halides is 2. The number of rotatable bonds is 7. The van der Waals surface area contributed by atoms with Crippen LogP contribution in [0.15, 0.2) is 23.2 Å². The molecule has 0 aliphatic heterocycles. The third kappa shape index (κ3) is 7.98. The highest BCUT2D eigenvalue weighted by atomic mass is 127. The van der Waals surface area contributed by atoms with Gasteiger partial charge in [0.15, 0.2) is 5.96 Å². The Labute approximate surface area is 151 Å². The van der Waals surface area contributed by atoms with E-state index in [2.05, 4.69) is 27.3 Å². The van der Waals surface area contributed by atoms with Crippen molar-refractivity contribution >= 4 is 41.5 Å². The Morgan fingerprint density at radius 1 is 1.36 bits per heavy atom. The summed E-state index contributed by atoms with van der Waals surface area (Å²) in [5, 5.41) is 6.63. The Bertz CT molecular complexity index is 475. The molecule has 0 spiro atoms. The van der Waals surface area contributed by atoms with Gasteiger partial charge in [-0.1, -0.05) is 24.9 Å². The maximum atomic E-state index is 12.4. The molecule has 0 aromatic heterocycles. The largest absolute Gasteiger partial charge is 0.434 e. The Hall–Kier alpha value is -0.830. The van der Waals surface area contributed by atoms with E-state index in [9.17, 15) is 8.78 Å². The summed E-state index contributed by atoms with van der Waals surface area (Å²) in [6.07, 6.45) is 2.10. The molecule has 0 heterocycles. The second-order valence-corrected chi connectivity index (χ2v) is 4.77. The highest BCUT2D eigenvalue weighted by Crippen LogP contribution is 2.24. The van der Waals surface area contributed by atoms with Gasteiger partial charge in [0.2, 0.25) is 0 Å². The first-order chi connectivity index (χ1) is 10.1. The summed E-state index contributed by atoms with van der Waals surface area (Å²) >= 11 is 5.89. The number of aliphatic imine (C=N–C) groups is 1. The van der Waals surface area contributed by atoms with Crippen molar-refractivity contribution < 1.29 is 13.5 Å². The number of nitrogens with one attached hydrogen (secondary N) is 2. The van der Waals surface area contributed by atoms with Crippen LogP contribution in [-0.4, -0.2) is 26.2 Å². The van der Waals surface area contributed by atoms with Gasteiger partial charge in [-0.25, -0.2) is 0 Å². The average molecular weight is 448 g/mol. The third-order valence-corrected chi connectivity index (χ3v) is 2.97.